The summed E-state index contributed by atoms with van der Waals surface area (Å²) in [6.45, 7) is 7.31. The van der Waals surface area contributed by atoms with Crippen LogP contribution in [0.2, 0.25) is 0 Å². The van der Waals surface area contributed by atoms with Crippen LogP contribution >= 0.6 is 0 Å². The molecule has 1 atom stereocenters. The molecule has 3 nitrogen and oxygen atoms in total. The summed E-state index contributed by atoms with van der Waals surface area (Å²) in [4.78, 5) is 11.4. The molecule has 0 spiro atoms. The van der Waals surface area contributed by atoms with Gasteiger partial charge in [0.15, 0.2) is 0 Å². The van der Waals surface area contributed by atoms with Crippen LogP contribution < -0.4 is 10.6 Å². The number of hydrogen-bond donors (Lipinski definition) is 2. The Balaban J connectivity index is 2.02. The van der Waals surface area contributed by atoms with E-state index >= 15 is 0 Å². The summed E-state index contributed by atoms with van der Waals surface area (Å²) in [5.41, 5.74) is 0. The summed E-state index contributed by atoms with van der Waals surface area (Å²) in [6, 6.07) is 0. The molecule has 1 amide bonds. The van der Waals surface area contributed by atoms with Gasteiger partial charge in [0, 0.05) is 13.0 Å². The highest BCUT2D eigenvalue weighted by Crippen LogP contribution is 2.06. The monoisotopic (exact) mass is 198 g/mol. The molecule has 0 aromatic rings. The molecule has 0 radical (unpaired) electrons. The van der Waals surface area contributed by atoms with Gasteiger partial charge in [-0.05, 0) is 37.8 Å². The molecule has 14 heavy (non-hydrogen) atoms. The molecule has 0 aliphatic carbocycles. The third-order valence-corrected chi connectivity index (χ3v) is 2.70. The van der Waals surface area contributed by atoms with E-state index in [9.17, 15) is 4.79 Å². The van der Waals surface area contributed by atoms with Crippen LogP contribution in [0.1, 0.15) is 33.1 Å². The fraction of sp³-hybridized carbons (Fsp3) is 0.909. The van der Waals surface area contributed by atoms with Gasteiger partial charge in [-0.25, -0.2) is 0 Å². The van der Waals surface area contributed by atoms with Gasteiger partial charge in [-0.15, -0.1) is 0 Å². The van der Waals surface area contributed by atoms with Gasteiger partial charge in [-0.1, -0.05) is 13.8 Å². The van der Waals surface area contributed by atoms with E-state index in [1.165, 1.54) is 6.42 Å². The van der Waals surface area contributed by atoms with Crippen molar-refractivity contribution in [3.05, 3.63) is 0 Å². The lowest BCUT2D eigenvalue weighted by Crippen LogP contribution is -2.30. The smallest absolute Gasteiger partial charge is 0.220 e. The molecule has 0 aromatic carbocycles. The predicted molar refractivity (Wildman–Crippen MR) is 58.1 cm³/mol. The second-order valence-corrected chi connectivity index (χ2v) is 4.60. The molecule has 0 bridgehead atoms. The lowest BCUT2D eigenvalue weighted by molar-refractivity contribution is -0.121. The van der Waals surface area contributed by atoms with Crippen LogP contribution in [0.25, 0.3) is 0 Å². The molecule has 1 aliphatic heterocycles. The highest BCUT2D eigenvalue weighted by atomic mass is 16.1. The summed E-state index contributed by atoms with van der Waals surface area (Å²) in [7, 11) is 0. The van der Waals surface area contributed by atoms with Gasteiger partial charge in [-0.2, -0.15) is 0 Å². The Morgan fingerprint density at radius 2 is 2.36 bits per heavy atom. The normalized spacial score (nSPS) is 21.5. The number of carbonyl (C=O) groups is 1. The molecule has 1 fully saturated rings. The highest BCUT2D eigenvalue weighted by molar-refractivity contribution is 5.75. The second-order valence-electron chi connectivity index (χ2n) is 4.60. The molecule has 0 aromatic heterocycles. The van der Waals surface area contributed by atoms with E-state index in [0.29, 0.717) is 18.3 Å². The second kappa shape index (κ2) is 6.02. The summed E-state index contributed by atoms with van der Waals surface area (Å²) >= 11 is 0. The van der Waals surface area contributed by atoms with Gasteiger partial charge in [0.1, 0.15) is 0 Å². The topological polar surface area (TPSA) is 41.1 Å². The van der Waals surface area contributed by atoms with Crippen molar-refractivity contribution in [2.45, 2.75) is 33.1 Å². The van der Waals surface area contributed by atoms with Crippen LogP contribution in [0, 0.1) is 11.8 Å². The minimum Gasteiger partial charge on any atom is -0.356 e. The van der Waals surface area contributed by atoms with Crippen LogP contribution in [0.15, 0.2) is 0 Å². The van der Waals surface area contributed by atoms with Gasteiger partial charge in [0.25, 0.3) is 0 Å². The van der Waals surface area contributed by atoms with Crippen molar-refractivity contribution in [3.8, 4) is 0 Å². The quantitative estimate of drug-likeness (QED) is 0.696. The minimum absolute atomic E-state index is 0.214. The van der Waals surface area contributed by atoms with Crippen molar-refractivity contribution >= 4 is 5.91 Å². The maximum absolute atomic E-state index is 11.4. The van der Waals surface area contributed by atoms with E-state index in [-0.39, 0.29) is 5.91 Å². The molecule has 0 saturated carbocycles. The zero-order chi connectivity index (χ0) is 10.4. The van der Waals surface area contributed by atoms with Crippen LogP contribution in [-0.4, -0.2) is 25.5 Å². The number of amides is 1. The first-order chi connectivity index (χ1) is 6.68. The van der Waals surface area contributed by atoms with Crippen LogP contribution in [0.5, 0.6) is 0 Å². The Bertz CT molecular complexity index is 174. The highest BCUT2D eigenvalue weighted by Gasteiger charge is 2.14. The average molecular weight is 198 g/mol. The van der Waals surface area contributed by atoms with E-state index in [0.717, 1.165) is 26.1 Å². The Kier molecular flexibility index (Phi) is 4.94. The molecule has 1 unspecified atom stereocenters. The molecular formula is C11H22N2O. The fourth-order valence-corrected chi connectivity index (χ4v) is 1.65. The zero-order valence-electron chi connectivity index (χ0n) is 9.31. The maximum atomic E-state index is 11.4. The van der Waals surface area contributed by atoms with E-state index < -0.39 is 0 Å². The molecule has 2 N–H and O–H groups in total. The number of rotatable bonds is 5. The van der Waals surface area contributed by atoms with Crippen molar-refractivity contribution in [1.29, 1.82) is 0 Å². The lowest BCUT2D eigenvalue weighted by atomic mass is 10.1. The Morgan fingerprint density at radius 3 is 2.93 bits per heavy atom. The van der Waals surface area contributed by atoms with E-state index in [2.05, 4.69) is 24.5 Å². The van der Waals surface area contributed by atoms with Crippen molar-refractivity contribution in [1.82, 2.24) is 10.6 Å². The molecule has 1 saturated heterocycles. The summed E-state index contributed by atoms with van der Waals surface area (Å²) in [6.07, 6.45) is 2.87. The molecule has 1 heterocycles. The average Bonchev–Trinajstić information content (AvgIpc) is 2.63. The number of nitrogens with one attached hydrogen (secondary N) is 2. The Hall–Kier alpha value is -0.570. The Labute approximate surface area is 86.6 Å². The largest absolute Gasteiger partial charge is 0.356 e. The molecule has 1 rings (SSSR count). The fourth-order valence-electron chi connectivity index (χ4n) is 1.65. The first kappa shape index (κ1) is 11.5. The van der Waals surface area contributed by atoms with E-state index in [4.69, 9.17) is 0 Å². The standard InChI is InChI=1S/C11H22N2O/c1-9(2)3-4-11(14)13-8-10-5-6-12-7-10/h9-10,12H,3-8H2,1-2H3,(H,13,14). The summed E-state index contributed by atoms with van der Waals surface area (Å²) < 4.78 is 0. The van der Waals surface area contributed by atoms with Crippen LogP contribution in [0.4, 0.5) is 0 Å². The van der Waals surface area contributed by atoms with Crippen molar-refractivity contribution < 1.29 is 4.79 Å². The van der Waals surface area contributed by atoms with Crippen molar-refractivity contribution in [3.63, 3.8) is 0 Å². The zero-order valence-corrected chi connectivity index (χ0v) is 9.31. The number of carbonyl (C=O) groups excluding carboxylic acids is 1. The van der Waals surface area contributed by atoms with E-state index in [1.807, 2.05) is 0 Å². The van der Waals surface area contributed by atoms with E-state index in [1.54, 1.807) is 0 Å². The van der Waals surface area contributed by atoms with Gasteiger partial charge in [0.2, 0.25) is 5.91 Å². The molecular weight excluding hydrogens is 176 g/mol. The molecule has 1 aliphatic rings. The lowest BCUT2D eigenvalue weighted by Gasteiger charge is -2.10. The number of hydrogen-bond acceptors (Lipinski definition) is 2. The third-order valence-electron chi connectivity index (χ3n) is 2.70. The summed E-state index contributed by atoms with van der Waals surface area (Å²) in [5, 5.41) is 6.30. The first-order valence-electron chi connectivity index (χ1n) is 5.66. The van der Waals surface area contributed by atoms with Gasteiger partial charge >= 0.3 is 0 Å². The predicted octanol–water partition coefficient (Wildman–Crippen LogP) is 1.15. The van der Waals surface area contributed by atoms with Crippen molar-refractivity contribution in [2.24, 2.45) is 11.8 Å². The first-order valence-corrected chi connectivity index (χ1v) is 5.66. The van der Waals surface area contributed by atoms with Crippen molar-refractivity contribution in [2.75, 3.05) is 19.6 Å². The van der Waals surface area contributed by atoms with Crippen LogP contribution in [0.3, 0.4) is 0 Å². The van der Waals surface area contributed by atoms with Gasteiger partial charge < -0.3 is 10.6 Å². The SMILES string of the molecule is CC(C)CCC(=O)NCC1CCNC1. The molecule has 3 heteroatoms. The third kappa shape index (κ3) is 4.61. The minimum atomic E-state index is 0.214. The molecule has 82 valence electrons. The Morgan fingerprint density at radius 1 is 1.57 bits per heavy atom. The summed E-state index contributed by atoms with van der Waals surface area (Å²) in [5.74, 6) is 1.48. The van der Waals surface area contributed by atoms with Crippen LogP contribution in [-0.2, 0) is 4.79 Å². The van der Waals surface area contributed by atoms with Gasteiger partial charge in [0.05, 0.1) is 0 Å². The maximum Gasteiger partial charge on any atom is 0.220 e. The van der Waals surface area contributed by atoms with Gasteiger partial charge in [-0.3, -0.25) is 4.79 Å².